The highest BCUT2D eigenvalue weighted by atomic mass is 28.4. The number of fused-ring (bicyclic) bond motifs is 3. The summed E-state index contributed by atoms with van der Waals surface area (Å²) in [7, 11) is -2.33. The van der Waals surface area contributed by atoms with Crippen LogP contribution in [0.25, 0.3) is 0 Å². The second-order valence-electron chi connectivity index (χ2n) is 9.46. The maximum absolute atomic E-state index is 12.9. The van der Waals surface area contributed by atoms with Crippen molar-refractivity contribution in [1.82, 2.24) is 0 Å². The molecule has 5 heteroatoms. The minimum absolute atomic E-state index is 0.330. The molecule has 3 rings (SSSR count). The first-order valence-corrected chi connectivity index (χ1v) is 13.0. The predicted molar refractivity (Wildman–Crippen MR) is 118 cm³/mol. The van der Waals surface area contributed by atoms with Crippen molar-refractivity contribution < 1.29 is 18.7 Å². The Balaban J connectivity index is 2.19. The first kappa shape index (κ1) is 22.3. The summed E-state index contributed by atoms with van der Waals surface area (Å²) < 4.78 is 19.2. The van der Waals surface area contributed by atoms with Gasteiger partial charge < -0.3 is 13.9 Å². The van der Waals surface area contributed by atoms with E-state index in [1.165, 1.54) is 5.56 Å². The number of esters is 1. The van der Waals surface area contributed by atoms with Crippen LogP contribution in [0.15, 0.2) is 35.9 Å². The summed E-state index contributed by atoms with van der Waals surface area (Å²) in [6, 6.07) is 8.31. The number of hydrogen-bond donors (Lipinski definition) is 0. The van der Waals surface area contributed by atoms with Gasteiger partial charge in [-0.1, -0.05) is 71.9 Å². The van der Waals surface area contributed by atoms with Gasteiger partial charge in [0.1, 0.15) is 0 Å². The van der Waals surface area contributed by atoms with Crippen LogP contribution in [0.3, 0.4) is 0 Å². The van der Waals surface area contributed by atoms with Crippen LogP contribution < -0.4 is 0 Å². The van der Waals surface area contributed by atoms with Gasteiger partial charge in [0, 0.05) is 0 Å². The van der Waals surface area contributed by atoms with Crippen molar-refractivity contribution in [2.24, 2.45) is 0 Å². The fourth-order valence-corrected chi connectivity index (χ4v) is 11.3. The van der Waals surface area contributed by atoms with E-state index < -0.39 is 19.5 Å². The third-order valence-electron chi connectivity index (χ3n) is 7.00. The van der Waals surface area contributed by atoms with Gasteiger partial charge in [0.2, 0.25) is 14.1 Å². The summed E-state index contributed by atoms with van der Waals surface area (Å²) in [6.45, 7) is 18.2. The minimum Gasteiger partial charge on any atom is -0.462 e. The molecule has 1 aliphatic heterocycles. The van der Waals surface area contributed by atoms with Gasteiger partial charge in [-0.05, 0) is 41.6 Å². The molecular weight excluding hydrogens is 380 g/mol. The van der Waals surface area contributed by atoms with Gasteiger partial charge in [-0.15, -0.1) is 0 Å². The molecule has 1 heterocycles. The van der Waals surface area contributed by atoms with Crippen LogP contribution in [0.1, 0.15) is 66.5 Å². The molecule has 1 aromatic rings. The quantitative estimate of drug-likeness (QED) is 0.412. The predicted octanol–water partition coefficient (Wildman–Crippen LogP) is 5.87. The van der Waals surface area contributed by atoms with Crippen molar-refractivity contribution in [2.75, 3.05) is 6.61 Å². The fraction of sp³-hybridized carbons (Fsp3) is 0.625. The molecule has 2 aliphatic rings. The molecule has 160 valence electrons. The Morgan fingerprint density at radius 2 is 1.69 bits per heavy atom. The van der Waals surface area contributed by atoms with Gasteiger partial charge in [-0.25, -0.2) is 4.79 Å². The summed E-state index contributed by atoms with van der Waals surface area (Å²) in [6.07, 6.45) is 2.00. The van der Waals surface area contributed by atoms with E-state index in [1.807, 2.05) is 25.1 Å². The summed E-state index contributed by atoms with van der Waals surface area (Å²) in [5, 5.41) is 0. The van der Waals surface area contributed by atoms with Crippen LogP contribution in [0.2, 0.25) is 16.6 Å². The Morgan fingerprint density at radius 1 is 1.10 bits per heavy atom. The highest BCUT2D eigenvalue weighted by Gasteiger charge is 2.68. The summed E-state index contributed by atoms with van der Waals surface area (Å²) >= 11 is 0. The number of rotatable bonds is 7. The maximum Gasteiger partial charge on any atom is 0.339 e. The molecule has 0 radical (unpaired) electrons. The van der Waals surface area contributed by atoms with E-state index in [0.717, 1.165) is 5.56 Å². The van der Waals surface area contributed by atoms with E-state index >= 15 is 0 Å². The molecule has 0 amide bonds. The van der Waals surface area contributed by atoms with Crippen LogP contribution in [-0.4, -0.2) is 26.7 Å². The molecule has 2 atom stereocenters. The third kappa shape index (κ3) is 3.04. The first-order valence-electron chi connectivity index (χ1n) is 10.9. The van der Waals surface area contributed by atoms with Crippen LogP contribution in [-0.2, 0) is 30.7 Å². The minimum atomic E-state index is -2.33. The lowest BCUT2D eigenvalue weighted by molar-refractivity contribution is -0.233. The Bertz CT molecular complexity index is 791. The lowest BCUT2D eigenvalue weighted by Crippen LogP contribution is -2.69. The fourth-order valence-electron chi connectivity index (χ4n) is 5.69. The number of carbonyl (C=O) groups is 1. The van der Waals surface area contributed by atoms with Gasteiger partial charge >= 0.3 is 5.97 Å². The Hall–Kier alpha value is -1.43. The zero-order valence-electron chi connectivity index (χ0n) is 19.2. The van der Waals surface area contributed by atoms with Crippen LogP contribution in [0, 0.1) is 0 Å². The number of carbonyl (C=O) groups excluding carboxylic acids is 1. The zero-order chi connectivity index (χ0) is 21.6. The van der Waals surface area contributed by atoms with Crippen LogP contribution in [0.5, 0.6) is 0 Å². The van der Waals surface area contributed by atoms with Crippen LogP contribution >= 0.6 is 0 Å². The lowest BCUT2D eigenvalue weighted by Gasteiger charge is -2.61. The third-order valence-corrected chi connectivity index (χ3v) is 13.1. The van der Waals surface area contributed by atoms with Crippen molar-refractivity contribution in [3.63, 3.8) is 0 Å². The average molecular weight is 417 g/mol. The van der Waals surface area contributed by atoms with E-state index in [-0.39, 0.29) is 5.97 Å². The van der Waals surface area contributed by atoms with Crippen molar-refractivity contribution in [3.05, 3.63) is 47.0 Å². The summed E-state index contributed by atoms with van der Waals surface area (Å²) in [5.74, 6) is -1.41. The Morgan fingerprint density at radius 3 is 2.24 bits per heavy atom. The molecule has 0 aromatic heterocycles. The summed E-state index contributed by atoms with van der Waals surface area (Å²) in [5.41, 5.74) is 3.48. The van der Waals surface area contributed by atoms with E-state index in [0.29, 0.717) is 35.4 Å². The Labute approximate surface area is 176 Å². The second kappa shape index (κ2) is 7.68. The highest BCUT2D eigenvalue weighted by Crippen LogP contribution is 2.60. The molecule has 0 bridgehead atoms. The Kier molecular flexibility index (Phi) is 5.89. The molecule has 29 heavy (non-hydrogen) atoms. The van der Waals surface area contributed by atoms with E-state index in [4.69, 9.17) is 13.9 Å². The standard InChI is InChI=1S/C24H36O4Si/c1-9-26-22(25)21-14-23(8)20-13-11-10-12-19(20)15-27-24(21,23)28-29(16(2)3,17(4)5)18(6)7/h10-14,16-18H,9,15H2,1-8H3/t23-,24+/m0/s1. The zero-order valence-corrected chi connectivity index (χ0v) is 20.2. The van der Waals surface area contributed by atoms with Crippen molar-refractivity contribution in [2.45, 2.75) is 89.8 Å². The topological polar surface area (TPSA) is 44.8 Å². The van der Waals surface area contributed by atoms with E-state index in [1.54, 1.807) is 0 Å². The first-order chi connectivity index (χ1) is 13.6. The van der Waals surface area contributed by atoms with Gasteiger partial charge in [0.25, 0.3) is 0 Å². The highest BCUT2D eigenvalue weighted by molar-refractivity contribution is 6.77. The van der Waals surface area contributed by atoms with Gasteiger partial charge in [0.15, 0.2) is 0 Å². The largest absolute Gasteiger partial charge is 0.462 e. The maximum atomic E-state index is 12.9. The van der Waals surface area contributed by atoms with Crippen molar-refractivity contribution >= 4 is 14.3 Å². The monoisotopic (exact) mass is 416 g/mol. The smallest absolute Gasteiger partial charge is 0.339 e. The van der Waals surface area contributed by atoms with Crippen LogP contribution in [0.4, 0.5) is 0 Å². The number of hydrogen-bond acceptors (Lipinski definition) is 4. The molecule has 0 unspecified atom stereocenters. The molecule has 1 aromatic carbocycles. The van der Waals surface area contributed by atoms with Gasteiger partial charge in [-0.3, -0.25) is 0 Å². The molecular formula is C24H36O4Si. The molecule has 1 aliphatic carbocycles. The second-order valence-corrected chi connectivity index (χ2v) is 14.8. The molecule has 0 fully saturated rings. The SMILES string of the molecule is CCOC(=O)C1=C[C@@]2(C)c3ccccc3CO[C@@]12O[Si](C(C)C)(C(C)C)C(C)C. The molecule has 0 spiro atoms. The lowest BCUT2D eigenvalue weighted by atomic mass is 9.60. The average Bonchev–Trinajstić information content (AvgIpc) is 2.64. The number of ether oxygens (including phenoxy) is 2. The molecule has 4 nitrogen and oxygen atoms in total. The van der Waals surface area contributed by atoms with Gasteiger partial charge in [0.05, 0.1) is 24.2 Å². The van der Waals surface area contributed by atoms with Crippen molar-refractivity contribution in [3.8, 4) is 0 Å². The van der Waals surface area contributed by atoms with Gasteiger partial charge in [-0.2, -0.15) is 0 Å². The molecule has 0 saturated heterocycles. The van der Waals surface area contributed by atoms with E-state index in [2.05, 4.69) is 60.6 Å². The molecule has 0 N–H and O–H groups in total. The number of benzene rings is 1. The molecule has 0 saturated carbocycles. The van der Waals surface area contributed by atoms with E-state index in [9.17, 15) is 4.79 Å². The van der Waals surface area contributed by atoms with Crippen molar-refractivity contribution in [1.29, 1.82) is 0 Å². The normalized spacial score (nSPS) is 26.1. The summed E-state index contributed by atoms with van der Waals surface area (Å²) in [4.78, 5) is 12.9.